The fourth-order valence-corrected chi connectivity index (χ4v) is 3.52. The lowest BCUT2D eigenvalue weighted by Crippen LogP contribution is -2.33. The van der Waals surface area contributed by atoms with Crippen LogP contribution in [0.1, 0.15) is 19.4 Å². The van der Waals surface area contributed by atoms with Gasteiger partial charge in [0, 0.05) is 34.7 Å². The van der Waals surface area contributed by atoms with E-state index < -0.39 is 0 Å². The van der Waals surface area contributed by atoms with E-state index in [1.54, 1.807) is 11.9 Å². The van der Waals surface area contributed by atoms with Crippen molar-refractivity contribution in [1.29, 1.82) is 0 Å². The molecule has 1 unspecified atom stereocenters. The van der Waals surface area contributed by atoms with Crippen molar-refractivity contribution >= 4 is 50.9 Å². The molecule has 132 valence electrons. The molecule has 2 rings (SSSR count). The molecule has 0 bridgehead atoms. The van der Waals surface area contributed by atoms with E-state index in [-0.39, 0.29) is 17.1 Å². The predicted molar refractivity (Wildman–Crippen MR) is 108 cm³/mol. The number of hydrogen-bond acceptors (Lipinski definition) is 3. The summed E-state index contributed by atoms with van der Waals surface area (Å²) < 4.78 is 1.03. The Labute approximate surface area is 161 Å². The minimum Gasteiger partial charge on any atom is -0.326 e. The fraction of sp³-hybridized carbons (Fsp3) is 0.263. The largest absolute Gasteiger partial charge is 0.326 e. The summed E-state index contributed by atoms with van der Waals surface area (Å²) in [7, 11) is 1.79. The predicted octanol–water partition coefficient (Wildman–Crippen LogP) is 4.86. The number of aryl methyl sites for hydroxylation is 1. The van der Waals surface area contributed by atoms with Gasteiger partial charge in [0.15, 0.2) is 0 Å². The molecule has 25 heavy (non-hydrogen) atoms. The smallest absolute Gasteiger partial charge is 0.239 e. The van der Waals surface area contributed by atoms with Gasteiger partial charge in [-0.05, 0) is 61.9 Å². The van der Waals surface area contributed by atoms with E-state index in [4.69, 9.17) is 0 Å². The highest BCUT2D eigenvalue weighted by Crippen LogP contribution is 2.28. The van der Waals surface area contributed by atoms with Gasteiger partial charge in [-0.2, -0.15) is 0 Å². The molecule has 1 atom stereocenters. The number of nitrogens with one attached hydrogen (secondary N) is 1. The van der Waals surface area contributed by atoms with Crippen molar-refractivity contribution < 1.29 is 9.59 Å². The number of carbonyl (C=O) groups excluding carboxylic acids is 2. The third kappa shape index (κ3) is 5.34. The second kappa shape index (κ2) is 8.54. The summed E-state index contributed by atoms with van der Waals surface area (Å²) in [6.07, 6.45) is 0. The molecule has 1 N–H and O–H groups in total. The van der Waals surface area contributed by atoms with Crippen LogP contribution < -0.4 is 10.2 Å². The van der Waals surface area contributed by atoms with E-state index in [2.05, 4.69) is 21.2 Å². The highest BCUT2D eigenvalue weighted by molar-refractivity contribution is 9.10. The van der Waals surface area contributed by atoms with E-state index >= 15 is 0 Å². The lowest BCUT2D eigenvalue weighted by Gasteiger charge is -2.22. The van der Waals surface area contributed by atoms with Crippen molar-refractivity contribution in [2.75, 3.05) is 17.3 Å². The average molecular weight is 421 g/mol. The van der Waals surface area contributed by atoms with Crippen LogP contribution in [0.4, 0.5) is 11.4 Å². The molecular weight excluding hydrogens is 400 g/mol. The number of nitrogens with zero attached hydrogens (tertiary/aromatic N) is 1. The summed E-state index contributed by atoms with van der Waals surface area (Å²) >= 11 is 4.97. The molecule has 0 fully saturated rings. The van der Waals surface area contributed by atoms with Crippen LogP contribution in [0.3, 0.4) is 0 Å². The molecule has 0 aliphatic heterocycles. The van der Waals surface area contributed by atoms with Crippen molar-refractivity contribution in [2.24, 2.45) is 0 Å². The average Bonchev–Trinajstić information content (AvgIpc) is 2.57. The van der Waals surface area contributed by atoms with E-state index in [1.807, 2.05) is 56.3 Å². The minimum absolute atomic E-state index is 0.0395. The van der Waals surface area contributed by atoms with Crippen LogP contribution in [0, 0.1) is 6.92 Å². The third-order valence-corrected chi connectivity index (χ3v) is 5.68. The van der Waals surface area contributed by atoms with E-state index in [0.717, 1.165) is 26.3 Å². The van der Waals surface area contributed by atoms with Crippen LogP contribution in [-0.2, 0) is 9.59 Å². The minimum atomic E-state index is -0.222. The van der Waals surface area contributed by atoms with Crippen LogP contribution >= 0.6 is 27.7 Å². The maximum Gasteiger partial charge on any atom is 0.239 e. The number of thioether (sulfide) groups is 1. The molecule has 0 spiro atoms. The van der Waals surface area contributed by atoms with Gasteiger partial charge in [-0.25, -0.2) is 0 Å². The van der Waals surface area contributed by atoms with Crippen LogP contribution in [-0.4, -0.2) is 24.1 Å². The number of amides is 2. The molecule has 4 nitrogen and oxygen atoms in total. The molecule has 0 aliphatic carbocycles. The Morgan fingerprint density at radius 2 is 1.80 bits per heavy atom. The van der Waals surface area contributed by atoms with Gasteiger partial charge in [-0.15, -0.1) is 11.8 Å². The highest BCUT2D eigenvalue weighted by Gasteiger charge is 2.20. The lowest BCUT2D eigenvalue weighted by molar-refractivity contribution is -0.117. The second-order valence-electron chi connectivity index (χ2n) is 5.80. The third-order valence-electron chi connectivity index (χ3n) is 3.69. The molecule has 6 heteroatoms. The fourth-order valence-electron chi connectivity index (χ4n) is 2.31. The molecule has 0 aliphatic rings. The Morgan fingerprint density at radius 3 is 2.36 bits per heavy atom. The van der Waals surface area contributed by atoms with Gasteiger partial charge in [0.05, 0.1) is 5.25 Å². The summed E-state index contributed by atoms with van der Waals surface area (Å²) in [5.41, 5.74) is 2.71. The number of halogens is 1. The Hall–Kier alpha value is -1.79. The normalized spacial score (nSPS) is 11.7. The first-order valence-electron chi connectivity index (χ1n) is 7.86. The molecule has 0 heterocycles. The van der Waals surface area contributed by atoms with Crippen LogP contribution in [0.25, 0.3) is 0 Å². The summed E-state index contributed by atoms with van der Waals surface area (Å²) in [4.78, 5) is 26.4. The number of anilines is 2. The van der Waals surface area contributed by atoms with Crippen LogP contribution in [0.15, 0.2) is 51.8 Å². The zero-order valence-electron chi connectivity index (χ0n) is 14.7. The van der Waals surface area contributed by atoms with E-state index in [1.165, 1.54) is 18.7 Å². The number of carbonyl (C=O) groups is 2. The Kier molecular flexibility index (Phi) is 6.67. The SMILES string of the molecule is CC(=O)Nc1ccc(SC(C)C(=O)N(C)c2ccc(Br)c(C)c2)cc1. The van der Waals surface area contributed by atoms with Crippen LogP contribution in [0.5, 0.6) is 0 Å². The van der Waals surface area contributed by atoms with E-state index in [0.29, 0.717) is 0 Å². The zero-order valence-corrected chi connectivity index (χ0v) is 17.1. The molecule has 0 radical (unpaired) electrons. The van der Waals surface area contributed by atoms with Crippen molar-refractivity contribution in [3.05, 3.63) is 52.5 Å². The first-order chi connectivity index (χ1) is 11.8. The van der Waals surface area contributed by atoms with Crippen molar-refractivity contribution in [1.82, 2.24) is 0 Å². The molecule has 0 aromatic heterocycles. The lowest BCUT2D eigenvalue weighted by atomic mass is 10.2. The molecule has 0 saturated carbocycles. The summed E-state index contributed by atoms with van der Waals surface area (Å²) in [5, 5.41) is 2.51. The Morgan fingerprint density at radius 1 is 1.16 bits per heavy atom. The first kappa shape index (κ1) is 19.5. The maximum absolute atomic E-state index is 12.7. The van der Waals surface area contributed by atoms with Crippen molar-refractivity contribution in [2.45, 2.75) is 30.9 Å². The summed E-state index contributed by atoms with van der Waals surface area (Å²) in [6, 6.07) is 13.3. The topological polar surface area (TPSA) is 49.4 Å². The van der Waals surface area contributed by atoms with Crippen molar-refractivity contribution in [3.63, 3.8) is 0 Å². The quantitative estimate of drug-likeness (QED) is 0.702. The molecule has 2 amide bonds. The zero-order chi connectivity index (χ0) is 18.6. The summed E-state index contributed by atoms with van der Waals surface area (Å²) in [5.74, 6) is -0.0620. The molecule has 2 aromatic rings. The Bertz CT molecular complexity index is 777. The second-order valence-corrected chi connectivity index (χ2v) is 8.06. The monoisotopic (exact) mass is 420 g/mol. The van der Waals surface area contributed by atoms with E-state index in [9.17, 15) is 9.59 Å². The van der Waals surface area contributed by atoms with Gasteiger partial charge in [0.25, 0.3) is 0 Å². The number of hydrogen-bond donors (Lipinski definition) is 1. The van der Waals surface area contributed by atoms with Gasteiger partial charge in [0.2, 0.25) is 11.8 Å². The van der Waals surface area contributed by atoms with Gasteiger partial charge in [-0.1, -0.05) is 15.9 Å². The number of rotatable bonds is 5. The van der Waals surface area contributed by atoms with Gasteiger partial charge in [-0.3, -0.25) is 9.59 Å². The highest BCUT2D eigenvalue weighted by atomic mass is 79.9. The summed E-state index contributed by atoms with van der Waals surface area (Å²) in [6.45, 7) is 5.38. The number of benzene rings is 2. The molecule has 2 aromatic carbocycles. The van der Waals surface area contributed by atoms with Crippen molar-refractivity contribution in [3.8, 4) is 0 Å². The van der Waals surface area contributed by atoms with Gasteiger partial charge < -0.3 is 10.2 Å². The first-order valence-corrected chi connectivity index (χ1v) is 9.53. The van der Waals surface area contributed by atoms with Crippen LogP contribution in [0.2, 0.25) is 0 Å². The molecular formula is C19H21BrN2O2S. The standard InChI is InChI=1S/C19H21BrN2O2S/c1-12-11-16(7-10-18(12)20)22(4)19(24)13(2)25-17-8-5-15(6-9-17)21-14(3)23/h5-11,13H,1-4H3,(H,21,23). The van der Waals surface area contributed by atoms with Gasteiger partial charge in [0.1, 0.15) is 0 Å². The molecule has 0 saturated heterocycles. The maximum atomic E-state index is 12.7. The van der Waals surface area contributed by atoms with Gasteiger partial charge >= 0.3 is 0 Å². The Balaban J connectivity index is 2.03.